The van der Waals surface area contributed by atoms with Gasteiger partial charge in [0.15, 0.2) is 0 Å². The molecule has 0 aromatic heterocycles. The predicted octanol–water partition coefficient (Wildman–Crippen LogP) is 1.10. The summed E-state index contributed by atoms with van der Waals surface area (Å²) in [6, 6.07) is 0. The van der Waals surface area contributed by atoms with Gasteiger partial charge in [0.1, 0.15) is 5.92 Å². The number of piperidine rings is 1. The van der Waals surface area contributed by atoms with Crippen molar-refractivity contribution in [2.45, 2.75) is 26.2 Å². The summed E-state index contributed by atoms with van der Waals surface area (Å²) in [6.45, 7) is 4.95. The molecule has 15 heavy (non-hydrogen) atoms. The van der Waals surface area contributed by atoms with Crippen LogP contribution in [0.1, 0.15) is 20.3 Å². The zero-order chi connectivity index (χ0) is 11.5. The van der Waals surface area contributed by atoms with Crippen LogP contribution in [0.3, 0.4) is 0 Å². The first kappa shape index (κ1) is 12.4. The van der Waals surface area contributed by atoms with Crippen LogP contribution >= 0.6 is 0 Å². The van der Waals surface area contributed by atoms with Crippen LogP contribution in [0, 0.1) is 5.92 Å². The van der Waals surface area contributed by atoms with Crippen LogP contribution in [-0.4, -0.2) is 42.9 Å². The molecule has 1 heterocycles. The fourth-order valence-corrected chi connectivity index (χ4v) is 1.85. The van der Waals surface area contributed by atoms with Gasteiger partial charge in [0.2, 0.25) is 5.91 Å². The predicted molar refractivity (Wildman–Crippen MR) is 53.9 cm³/mol. The van der Waals surface area contributed by atoms with Crippen LogP contribution in [0.25, 0.3) is 0 Å². The molecule has 0 aromatic carbocycles. The molecule has 1 N–H and O–H groups in total. The van der Waals surface area contributed by atoms with Gasteiger partial charge in [-0.1, -0.05) is 0 Å². The smallest absolute Gasteiger partial charge is 0.262 e. The second-order valence-corrected chi connectivity index (χ2v) is 3.78. The van der Waals surface area contributed by atoms with E-state index < -0.39 is 17.7 Å². The first-order chi connectivity index (χ1) is 7.03. The van der Waals surface area contributed by atoms with Crippen molar-refractivity contribution in [1.29, 1.82) is 0 Å². The summed E-state index contributed by atoms with van der Waals surface area (Å²) in [6.07, 6.45) is -0.245. The second-order valence-electron chi connectivity index (χ2n) is 3.78. The van der Waals surface area contributed by atoms with Crippen molar-refractivity contribution >= 4 is 5.91 Å². The lowest BCUT2D eigenvalue weighted by Gasteiger charge is -2.34. The van der Waals surface area contributed by atoms with Gasteiger partial charge >= 0.3 is 0 Å². The van der Waals surface area contributed by atoms with Crippen molar-refractivity contribution in [2.75, 3.05) is 26.2 Å². The van der Waals surface area contributed by atoms with E-state index in [1.54, 1.807) is 13.8 Å². The number of nitrogens with one attached hydrogen (secondary N) is 1. The average molecular weight is 220 g/mol. The molecule has 1 unspecified atom stereocenters. The first-order valence-electron chi connectivity index (χ1n) is 5.40. The molecule has 0 bridgehead atoms. The lowest BCUT2D eigenvalue weighted by atomic mass is 9.93. The highest BCUT2D eigenvalue weighted by molar-refractivity contribution is 5.80. The van der Waals surface area contributed by atoms with Gasteiger partial charge in [-0.05, 0) is 13.8 Å². The van der Waals surface area contributed by atoms with Gasteiger partial charge in [0.05, 0.1) is 0 Å². The summed E-state index contributed by atoms with van der Waals surface area (Å²) >= 11 is 0. The fraction of sp³-hybridized carbons (Fsp3) is 0.900. The zero-order valence-corrected chi connectivity index (χ0v) is 9.22. The van der Waals surface area contributed by atoms with Crippen LogP contribution < -0.4 is 5.32 Å². The maximum absolute atomic E-state index is 13.5. The van der Waals surface area contributed by atoms with Crippen LogP contribution in [0.15, 0.2) is 0 Å². The molecule has 1 amide bonds. The third-order valence-electron chi connectivity index (χ3n) is 2.87. The van der Waals surface area contributed by atoms with Crippen molar-refractivity contribution in [1.82, 2.24) is 10.2 Å². The molecule has 0 spiro atoms. The number of nitrogens with zero attached hydrogens (tertiary/aromatic N) is 1. The van der Waals surface area contributed by atoms with Crippen LogP contribution in [0.5, 0.6) is 0 Å². The standard InChI is InChI=1S/C10H18F2N2O/c1-3-14(4-2)9(15)8-7-13-6-5-10(8,11)12/h8,13H,3-7H2,1-2H3. The normalized spacial score (nSPS) is 24.9. The molecule has 0 aliphatic carbocycles. The highest BCUT2D eigenvalue weighted by Crippen LogP contribution is 2.31. The molecule has 3 nitrogen and oxygen atoms in total. The summed E-state index contributed by atoms with van der Waals surface area (Å²) in [5.41, 5.74) is 0. The Balaban J connectivity index is 2.72. The third kappa shape index (κ3) is 2.65. The minimum absolute atomic E-state index is 0.0856. The van der Waals surface area contributed by atoms with Gasteiger partial charge in [-0.25, -0.2) is 8.78 Å². The topological polar surface area (TPSA) is 32.3 Å². The summed E-state index contributed by atoms with van der Waals surface area (Å²) < 4.78 is 26.9. The molecular formula is C10H18F2N2O. The number of amides is 1. The van der Waals surface area contributed by atoms with Crippen molar-refractivity contribution in [2.24, 2.45) is 5.92 Å². The Morgan fingerprint density at radius 2 is 2.07 bits per heavy atom. The lowest BCUT2D eigenvalue weighted by molar-refractivity contribution is -0.153. The molecule has 1 fully saturated rings. The van der Waals surface area contributed by atoms with Crippen LogP contribution in [0.2, 0.25) is 0 Å². The molecule has 5 heteroatoms. The highest BCUT2D eigenvalue weighted by atomic mass is 19.3. The number of hydrogen-bond acceptors (Lipinski definition) is 2. The third-order valence-corrected chi connectivity index (χ3v) is 2.87. The number of rotatable bonds is 3. The van der Waals surface area contributed by atoms with Crippen LogP contribution in [0.4, 0.5) is 8.78 Å². The lowest BCUT2D eigenvalue weighted by Crippen LogP contribution is -2.52. The van der Waals surface area contributed by atoms with Gasteiger partial charge in [0.25, 0.3) is 5.92 Å². The molecule has 0 saturated carbocycles. The maximum Gasteiger partial charge on any atom is 0.262 e. The molecular weight excluding hydrogens is 202 g/mol. The molecule has 0 aromatic rings. The quantitative estimate of drug-likeness (QED) is 0.772. The molecule has 1 atom stereocenters. The molecule has 0 radical (unpaired) electrons. The average Bonchev–Trinajstić information content (AvgIpc) is 2.18. The van der Waals surface area contributed by atoms with E-state index in [1.165, 1.54) is 4.90 Å². The number of hydrogen-bond donors (Lipinski definition) is 1. The van der Waals surface area contributed by atoms with Crippen molar-refractivity contribution in [3.05, 3.63) is 0 Å². The SMILES string of the molecule is CCN(CC)C(=O)C1CNCCC1(F)F. The van der Waals surface area contributed by atoms with E-state index in [0.29, 0.717) is 13.1 Å². The first-order valence-corrected chi connectivity index (χ1v) is 5.40. The second kappa shape index (κ2) is 4.88. The van der Waals surface area contributed by atoms with Crippen molar-refractivity contribution in [3.8, 4) is 0 Å². The molecule has 1 aliphatic rings. The van der Waals surface area contributed by atoms with E-state index in [-0.39, 0.29) is 19.5 Å². The van der Waals surface area contributed by atoms with E-state index >= 15 is 0 Å². The van der Waals surface area contributed by atoms with Gasteiger partial charge in [0, 0.05) is 32.6 Å². The van der Waals surface area contributed by atoms with E-state index in [9.17, 15) is 13.6 Å². The van der Waals surface area contributed by atoms with Crippen molar-refractivity contribution < 1.29 is 13.6 Å². The minimum atomic E-state index is -2.86. The number of carbonyl (C=O) groups excluding carboxylic acids is 1. The van der Waals surface area contributed by atoms with Crippen molar-refractivity contribution in [3.63, 3.8) is 0 Å². The van der Waals surface area contributed by atoms with Gasteiger partial charge in [-0.15, -0.1) is 0 Å². The summed E-state index contributed by atoms with van der Waals surface area (Å²) in [7, 11) is 0. The maximum atomic E-state index is 13.5. The van der Waals surface area contributed by atoms with Crippen LogP contribution in [-0.2, 0) is 4.79 Å². The Labute approximate surface area is 88.8 Å². The largest absolute Gasteiger partial charge is 0.343 e. The Morgan fingerprint density at radius 3 is 2.53 bits per heavy atom. The number of carbonyl (C=O) groups is 1. The Morgan fingerprint density at radius 1 is 1.47 bits per heavy atom. The fourth-order valence-electron chi connectivity index (χ4n) is 1.85. The summed E-state index contributed by atoms with van der Waals surface area (Å²) in [5.74, 6) is -4.48. The number of alkyl halides is 2. The highest BCUT2D eigenvalue weighted by Gasteiger charge is 2.46. The molecule has 1 rings (SSSR count). The molecule has 1 saturated heterocycles. The molecule has 1 aliphatic heterocycles. The summed E-state index contributed by atoms with van der Waals surface area (Å²) in [4.78, 5) is 13.2. The Kier molecular flexibility index (Phi) is 4.02. The van der Waals surface area contributed by atoms with Gasteiger partial charge in [-0.2, -0.15) is 0 Å². The Hall–Kier alpha value is -0.710. The van der Waals surface area contributed by atoms with E-state index in [1.807, 2.05) is 0 Å². The number of halogens is 2. The Bertz CT molecular complexity index is 229. The van der Waals surface area contributed by atoms with Gasteiger partial charge in [-0.3, -0.25) is 4.79 Å². The summed E-state index contributed by atoms with van der Waals surface area (Å²) in [5, 5.41) is 2.85. The van der Waals surface area contributed by atoms with E-state index in [4.69, 9.17) is 0 Å². The van der Waals surface area contributed by atoms with E-state index in [2.05, 4.69) is 5.32 Å². The zero-order valence-electron chi connectivity index (χ0n) is 9.22. The van der Waals surface area contributed by atoms with E-state index in [0.717, 1.165) is 0 Å². The minimum Gasteiger partial charge on any atom is -0.343 e. The monoisotopic (exact) mass is 220 g/mol. The van der Waals surface area contributed by atoms with Gasteiger partial charge < -0.3 is 10.2 Å². The molecule has 88 valence electrons.